The number of urea groups is 1. The van der Waals surface area contributed by atoms with Gasteiger partial charge in [0, 0.05) is 5.69 Å². The van der Waals surface area contributed by atoms with E-state index >= 15 is 0 Å². The first-order valence-corrected chi connectivity index (χ1v) is 8.03. The molecule has 7 nitrogen and oxygen atoms in total. The minimum atomic E-state index is -0.767. The molecular formula is C18H18FN3O4. The zero-order valence-electron chi connectivity index (χ0n) is 14.6. The molecule has 1 aromatic heterocycles. The molecule has 136 valence electrons. The van der Waals surface area contributed by atoms with Gasteiger partial charge in [-0.2, -0.15) is 9.29 Å². The van der Waals surface area contributed by atoms with Crippen molar-refractivity contribution >= 4 is 23.5 Å². The van der Waals surface area contributed by atoms with Gasteiger partial charge in [-0.3, -0.25) is 4.90 Å². The fraction of sp³-hybridized carbons (Fsp3) is 0.278. The number of esters is 1. The number of anilines is 2. The second kappa shape index (κ2) is 6.62. The lowest BCUT2D eigenvalue weighted by molar-refractivity contribution is -0.600. The van der Waals surface area contributed by atoms with Crippen molar-refractivity contribution in [2.24, 2.45) is 0 Å². The van der Waals surface area contributed by atoms with Crippen molar-refractivity contribution in [2.75, 3.05) is 23.5 Å². The molecule has 0 N–H and O–H groups in total. The van der Waals surface area contributed by atoms with Gasteiger partial charge in [-0.25, -0.2) is 14.3 Å². The van der Waals surface area contributed by atoms with Gasteiger partial charge in [-0.05, 0) is 44.2 Å². The molecule has 2 heterocycles. The van der Waals surface area contributed by atoms with Crippen LogP contribution in [-0.4, -0.2) is 31.7 Å². The van der Waals surface area contributed by atoms with E-state index in [9.17, 15) is 19.2 Å². The molecule has 2 aromatic rings. The third-order valence-electron chi connectivity index (χ3n) is 4.32. The Bertz CT molecular complexity index is 887. The van der Waals surface area contributed by atoms with E-state index in [1.54, 1.807) is 25.1 Å². The van der Waals surface area contributed by atoms with E-state index in [-0.39, 0.29) is 24.1 Å². The van der Waals surface area contributed by atoms with Crippen LogP contribution >= 0.6 is 0 Å². The Morgan fingerprint density at radius 1 is 1.35 bits per heavy atom. The minimum absolute atomic E-state index is 0.143. The molecule has 3 rings (SSSR count). The van der Waals surface area contributed by atoms with Crippen molar-refractivity contribution in [1.29, 1.82) is 0 Å². The first-order chi connectivity index (χ1) is 12.3. The molecule has 2 amide bonds. The molecule has 0 unspecified atom stereocenters. The zero-order valence-corrected chi connectivity index (χ0v) is 14.6. The molecule has 0 bridgehead atoms. The van der Waals surface area contributed by atoms with E-state index in [0.717, 1.165) is 11.0 Å². The molecule has 26 heavy (non-hydrogen) atoms. The second-order valence-electron chi connectivity index (χ2n) is 6.09. The second-order valence-corrected chi connectivity index (χ2v) is 6.09. The molecule has 0 spiro atoms. The quantitative estimate of drug-likeness (QED) is 0.479. The molecule has 8 heteroatoms. The molecule has 1 aliphatic rings. The highest BCUT2D eigenvalue weighted by atomic mass is 19.1. The van der Waals surface area contributed by atoms with Crippen molar-refractivity contribution in [3.05, 3.63) is 58.7 Å². The van der Waals surface area contributed by atoms with E-state index in [1.165, 1.54) is 31.1 Å². The first-order valence-electron chi connectivity index (χ1n) is 8.03. The van der Waals surface area contributed by atoms with E-state index < -0.39 is 17.8 Å². The van der Waals surface area contributed by atoms with Gasteiger partial charge in [0.15, 0.2) is 0 Å². The molecule has 0 saturated carbocycles. The minimum Gasteiger partial charge on any atom is -0.710 e. The number of carbonyl (C=O) groups excluding carboxylic acids is 2. The van der Waals surface area contributed by atoms with Gasteiger partial charge in [-0.1, -0.05) is 6.07 Å². The molecule has 1 aromatic carbocycles. The maximum absolute atomic E-state index is 14.2. The molecular weight excluding hydrogens is 341 g/mol. The Balaban J connectivity index is 2.00. The highest BCUT2D eigenvalue weighted by Gasteiger charge is 2.45. The SMILES string of the molecule is COC(=O)c1cccc(N2C(=O)N(c3c(F)ccc(C)[n+]3[O-])C[C@@H]2C)c1. The fourth-order valence-corrected chi connectivity index (χ4v) is 3.02. The number of ether oxygens (including phenoxy) is 1. The lowest BCUT2D eigenvalue weighted by Gasteiger charge is -2.19. The van der Waals surface area contributed by atoms with Crippen LogP contribution in [0.4, 0.5) is 20.7 Å². The Morgan fingerprint density at radius 3 is 2.77 bits per heavy atom. The fourth-order valence-electron chi connectivity index (χ4n) is 3.02. The van der Waals surface area contributed by atoms with Crippen molar-refractivity contribution in [2.45, 2.75) is 19.9 Å². The number of carbonyl (C=O) groups is 2. The largest absolute Gasteiger partial charge is 0.710 e. The topological polar surface area (TPSA) is 76.8 Å². The molecule has 0 radical (unpaired) electrons. The molecule has 0 aliphatic carbocycles. The molecule has 1 aliphatic heterocycles. The van der Waals surface area contributed by atoms with E-state index in [2.05, 4.69) is 0 Å². The summed E-state index contributed by atoms with van der Waals surface area (Å²) in [7, 11) is 1.27. The summed E-state index contributed by atoms with van der Waals surface area (Å²) in [5.74, 6) is -1.62. The van der Waals surface area contributed by atoms with Crippen molar-refractivity contribution in [3.8, 4) is 0 Å². The van der Waals surface area contributed by atoms with E-state index in [4.69, 9.17) is 4.74 Å². The number of pyridine rings is 1. The zero-order chi connectivity index (χ0) is 19.0. The van der Waals surface area contributed by atoms with Crippen LogP contribution in [0.15, 0.2) is 36.4 Å². The number of hydrogen-bond donors (Lipinski definition) is 0. The number of rotatable bonds is 3. The summed E-state index contributed by atoms with van der Waals surface area (Å²) < 4.78 is 19.3. The maximum atomic E-state index is 14.2. The van der Waals surface area contributed by atoms with Gasteiger partial charge in [0.25, 0.3) is 0 Å². The summed E-state index contributed by atoms with van der Waals surface area (Å²) in [6.45, 7) is 3.47. The summed E-state index contributed by atoms with van der Waals surface area (Å²) in [4.78, 5) is 27.2. The monoisotopic (exact) mass is 359 g/mol. The normalized spacial score (nSPS) is 16.9. The van der Waals surface area contributed by atoms with Crippen molar-refractivity contribution < 1.29 is 23.4 Å². The van der Waals surface area contributed by atoms with Gasteiger partial charge in [0.2, 0.25) is 5.82 Å². The van der Waals surface area contributed by atoms with Crippen molar-refractivity contribution in [3.63, 3.8) is 0 Å². The average Bonchev–Trinajstić information content (AvgIpc) is 2.92. The summed E-state index contributed by atoms with van der Waals surface area (Å²) in [5, 5.41) is 12.3. The maximum Gasteiger partial charge on any atom is 0.416 e. The van der Waals surface area contributed by atoms with Gasteiger partial charge in [0.1, 0.15) is 12.2 Å². The number of halogens is 1. The smallest absolute Gasteiger partial charge is 0.416 e. The lowest BCUT2D eigenvalue weighted by atomic mass is 10.1. The number of aryl methyl sites for hydroxylation is 1. The Kier molecular flexibility index (Phi) is 4.50. The molecule has 1 atom stereocenters. The summed E-state index contributed by atoms with van der Waals surface area (Å²) in [6.07, 6.45) is 0. The van der Waals surface area contributed by atoms with Gasteiger partial charge in [0.05, 0.1) is 18.7 Å². The van der Waals surface area contributed by atoms with Crippen LogP contribution in [0.1, 0.15) is 23.0 Å². The predicted molar refractivity (Wildman–Crippen MR) is 92.6 cm³/mol. The third kappa shape index (κ3) is 2.83. The molecule has 1 fully saturated rings. The van der Waals surface area contributed by atoms with Gasteiger partial charge in [-0.15, -0.1) is 0 Å². The highest BCUT2D eigenvalue weighted by molar-refractivity contribution is 6.06. The van der Waals surface area contributed by atoms with Crippen LogP contribution in [0.5, 0.6) is 0 Å². The standard InChI is InChI=1S/C18H18FN3O4/c1-11-7-8-15(19)16(22(11)25)20-10-12(2)21(18(20)24)14-6-4-5-13(9-14)17(23)26-3/h4-9,12H,10H2,1-3H3/t12-/m0/s1. The van der Waals surface area contributed by atoms with Gasteiger partial charge >= 0.3 is 17.8 Å². The van der Waals surface area contributed by atoms with Crippen LogP contribution in [-0.2, 0) is 4.74 Å². The number of methoxy groups -OCH3 is 1. The van der Waals surface area contributed by atoms with E-state index in [0.29, 0.717) is 16.0 Å². The van der Waals surface area contributed by atoms with E-state index in [1.807, 2.05) is 0 Å². The Morgan fingerprint density at radius 2 is 2.08 bits per heavy atom. The Labute approximate surface area is 149 Å². The molecule has 1 saturated heterocycles. The van der Waals surface area contributed by atoms with Crippen LogP contribution in [0, 0.1) is 17.9 Å². The van der Waals surface area contributed by atoms with Crippen molar-refractivity contribution in [1.82, 2.24) is 0 Å². The number of hydrogen-bond acceptors (Lipinski definition) is 4. The average molecular weight is 359 g/mol. The third-order valence-corrected chi connectivity index (χ3v) is 4.32. The number of nitrogens with zero attached hydrogens (tertiary/aromatic N) is 3. The van der Waals surface area contributed by atoms with Crippen LogP contribution in [0.25, 0.3) is 0 Å². The van der Waals surface area contributed by atoms with Gasteiger partial charge < -0.3 is 9.94 Å². The summed E-state index contributed by atoms with van der Waals surface area (Å²) >= 11 is 0. The number of aromatic nitrogens is 1. The summed E-state index contributed by atoms with van der Waals surface area (Å²) in [6, 6.07) is 8.06. The Hall–Kier alpha value is -3.16. The van der Waals surface area contributed by atoms with Crippen LogP contribution in [0.2, 0.25) is 0 Å². The first kappa shape index (κ1) is 17.7. The number of amides is 2. The number of benzene rings is 1. The highest BCUT2D eigenvalue weighted by Crippen LogP contribution is 2.29. The predicted octanol–water partition coefficient (Wildman–Crippen LogP) is 2.39. The summed E-state index contributed by atoms with van der Waals surface area (Å²) in [5.41, 5.74) is 1.05. The van der Waals surface area contributed by atoms with Crippen LogP contribution in [0.3, 0.4) is 0 Å². The lowest BCUT2D eigenvalue weighted by Crippen LogP contribution is -2.43. The van der Waals surface area contributed by atoms with Crippen LogP contribution < -0.4 is 14.5 Å².